The number of H-pyrrole nitrogens is 1. The van der Waals surface area contributed by atoms with E-state index in [1.165, 1.54) is 0 Å². The maximum Gasteiger partial charge on any atom is 0.252 e. The monoisotopic (exact) mass is 310 g/mol. The van der Waals surface area contributed by atoms with Crippen LogP contribution in [0.1, 0.15) is 28.8 Å². The van der Waals surface area contributed by atoms with Gasteiger partial charge < -0.3 is 15.0 Å². The van der Waals surface area contributed by atoms with Crippen molar-refractivity contribution in [2.45, 2.75) is 19.9 Å². The van der Waals surface area contributed by atoms with E-state index in [0.29, 0.717) is 17.9 Å². The number of imidazole rings is 1. The molecule has 2 heterocycles. The van der Waals surface area contributed by atoms with Gasteiger partial charge in [-0.1, -0.05) is 6.92 Å². The summed E-state index contributed by atoms with van der Waals surface area (Å²) in [7, 11) is 1.60. The number of fused-ring (bicyclic) bond motifs is 1. The highest BCUT2D eigenvalue weighted by molar-refractivity contribution is 6.08. The van der Waals surface area contributed by atoms with Crippen molar-refractivity contribution in [3.8, 4) is 5.75 Å². The number of aromatic nitrogens is 3. The summed E-state index contributed by atoms with van der Waals surface area (Å²) in [5.74, 6) is 1.29. The molecule has 0 radical (unpaired) electrons. The highest BCUT2D eigenvalue weighted by atomic mass is 16.5. The molecule has 3 rings (SSSR count). The second-order valence-electron chi connectivity index (χ2n) is 5.13. The lowest BCUT2D eigenvalue weighted by Crippen LogP contribution is -2.23. The number of nitrogens with zero attached hydrogens (tertiary/aromatic N) is 2. The summed E-state index contributed by atoms with van der Waals surface area (Å²) < 4.78 is 5.32. The van der Waals surface area contributed by atoms with Crippen molar-refractivity contribution < 1.29 is 9.53 Å². The fourth-order valence-electron chi connectivity index (χ4n) is 2.47. The molecule has 0 bridgehead atoms. The first-order valence-corrected chi connectivity index (χ1v) is 7.44. The first-order valence-electron chi connectivity index (χ1n) is 7.44. The average Bonchev–Trinajstić information content (AvgIpc) is 3.06. The van der Waals surface area contributed by atoms with E-state index in [-0.39, 0.29) is 5.91 Å². The Kier molecular flexibility index (Phi) is 4.23. The van der Waals surface area contributed by atoms with Gasteiger partial charge in [0.15, 0.2) is 0 Å². The van der Waals surface area contributed by atoms with Crippen LogP contribution >= 0.6 is 0 Å². The van der Waals surface area contributed by atoms with Crippen LogP contribution in [0.15, 0.2) is 36.8 Å². The molecular formula is C17H18N4O2. The average molecular weight is 310 g/mol. The summed E-state index contributed by atoms with van der Waals surface area (Å²) in [5, 5.41) is 4.51. The van der Waals surface area contributed by atoms with Crippen LogP contribution in [0, 0.1) is 0 Å². The number of ether oxygens (including phenoxy) is 1. The van der Waals surface area contributed by atoms with E-state index in [4.69, 9.17) is 4.74 Å². The Balaban J connectivity index is 1.83. The van der Waals surface area contributed by atoms with Crippen molar-refractivity contribution in [3.05, 3.63) is 53.9 Å². The molecule has 0 unspecified atom stereocenters. The molecule has 0 aliphatic rings. The maximum atomic E-state index is 12.5. The minimum Gasteiger partial charge on any atom is -0.496 e. The van der Waals surface area contributed by atoms with Crippen LogP contribution in [0.4, 0.5) is 0 Å². The molecule has 2 aromatic heterocycles. The van der Waals surface area contributed by atoms with Crippen molar-refractivity contribution in [1.82, 2.24) is 20.3 Å². The van der Waals surface area contributed by atoms with Gasteiger partial charge in [-0.3, -0.25) is 9.78 Å². The van der Waals surface area contributed by atoms with E-state index in [1.807, 2.05) is 13.0 Å². The Bertz CT molecular complexity index is 841. The molecule has 118 valence electrons. The zero-order valence-corrected chi connectivity index (χ0v) is 13.1. The van der Waals surface area contributed by atoms with Crippen LogP contribution in [-0.2, 0) is 13.0 Å². The van der Waals surface area contributed by atoms with E-state index in [1.54, 1.807) is 37.8 Å². The fourth-order valence-corrected chi connectivity index (χ4v) is 2.47. The molecule has 0 spiro atoms. The summed E-state index contributed by atoms with van der Waals surface area (Å²) in [4.78, 5) is 24.0. The summed E-state index contributed by atoms with van der Waals surface area (Å²) >= 11 is 0. The zero-order chi connectivity index (χ0) is 16.2. The largest absolute Gasteiger partial charge is 0.496 e. The minimum atomic E-state index is -0.154. The number of hydrogen-bond acceptors (Lipinski definition) is 4. The third-order valence-corrected chi connectivity index (χ3v) is 3.72. The summed E-state index contributed by atoms with van der Waals surface area (Å²) in [6.45, 7) is 2.41. The molecule has 0 atom stereocenters. The van der Waals surface area contributed by atoms with Crippen LogP contribution < -0.4 is 10.1 Å². The second-order valence-corrected chi connectivity index (χ2v) is 5.13. The predicted molar refractivity (Wildman–Crippen MR) is 87.4 cm³/mol. The minimum absolute atomic E-state index is 0.154. The quantitative estimate of drug-likeness (QED) is 0.758. The Hall–Kier alpha value is -2.89. The molecule has 0 fully saturated rings. The van der Waals surface area contributed by atoms with Gasteiger partial charge in [-0.25, -0.2) is 4.98 Å². The summed E-state index contributed by atoms with van der Waals surface area (Å²) in [6.07, 6.45) is 6.04. The van der Waals surface area contributed by atoms with Gasteiger partial charge >= 0.3 is 0 Å². The van der Waals surface area contributed by atoms with Crippen molar-refractivity contribution in [2.24, 2.45) is 0 Å². The van der Waals surface area contributed by atoms with Crippen molar-refractivity contribution in [1.29, 1.82) is 0 Å². The first-order chi connectivity index (χ1) is 11.2. The van der Waals surface area contributed by atoms with Crippen LogP contribution in [0.3, 0.4) is 0 Å². The molecule has 3 aromatic rings. The van der Waals surface area contributed by atoms with Gasteiger partial charge in [-0.2, -0.15) is 0 Å². The van der Waals surface area contributed by atoms with Crippen LogP contribution in [0.2, 0.25) is 0 Å². The van der Waals surface area contributed by atoms with Crippen molar-refractivity contribution >= 4 is 16.7 Å². The number of rotatable bonds is 5. The number of hydrogen-bond donors (Lipinski definition) is 2. The smallest absolute Gasteiger partial charge is 0.252 e. The molecule has 0 aliphatic carbocycles. The number of carbonyl (C=O) groups is 1. The Morgan fingerprint density at radius 2 is 2.13 bits per heavy atom. The number of aromatic amines is 1. The Morgan fingerprint density at radius 3 is 2.87 bits per heavy atom. The summed E-state index contributed by atoms with van der Waals surface area (Å²) in [5.41, 5.74) is 1.64. The van der Waals surface area contributed by atoms with Crippen LogP contribution in [0.25, 0.3) is 10.8 Å². The molecule has 6 nitrogen and oxygen atoms in total. The Morgan fingerprint density at radius 1 is 1.26 bits per heavy atom. The molecule has 6 heteroatoms. The number of methoxy groups -OCH3 is 1. The van der Waals surface area contributed by atoms with Crippen LogP contribution in [-0.4, -0.2) is 28.0 Å². The third-order valence-electron chi connectivity index (χ3n) is 3.72. The van der Waals surface area contributed by atoms with Gasteiger partial charge in [0.1, 0.15) is 11.6 Å². The topological polar surface area (TPSA) is 79.9 Å². The lowest BCUT2D eigenvalue weighted by atomic mass is 10.1. The van der Waals surface area contributed by atoms with Gasteiger partial charge in [-0.15, -0.1) is 0 Å². The lowest BCUT2D eigenvalue weighted by Gasteiger charge is -2.10. The highest BCUT2D eigenvalue weighted by Gasteiger charge is 2.13. The van der Waals surface area contributed by atoms with E-state index in [2.05, 4.69) is 20.3 Å². The number of carbonyl (C=O) groups excluding carboxylic acids is 1. The third kappa shape index (κ3) is 3.01. The normalized spacial score (nSPS) is 10.7. The predicted octanol–water partition coefficient (Wildman–Crippen LogP) is 2.46. The molecule has 0 aliphatic heterocycles. The maximum absolute atomic E-state index is 12.5. The van der Waals surface area contributed by atoms with E-state index in [0.717, 1.165) is 28.7 Å². The molecule has 0 saturated carbocycles. The first kappa shape index (κ1) is 15.0. The summed E-state index contributed by atoms with van der Waals surface area (Å²) in [6, 6.07) is 5.35. The van der Waals surface area contributed by atoms with Gasteiger partial charge in [0.05, 0.1) is 13.7 Å². The molecule has 1 amide bonds. The molecule has 0 saturated heterocycles. The van der Waals surface area contributed by atoms with E-state index < -0.39 is 0 Å². The van der Waals surface area contributed by atoms with Crippen LogP contribution in [0.5, 0.6) is 5.75 Å². The highest BCUT2D eigenvalue weighted by Crippen LogP contribution is 2.27. The molecule has 1 aromatic carbocycles. The van der Waals surface area contributed by atoms with E-state index >= 15 is 0 Å². The van der Waals surface area contributed by atoms with E-state index in [9.17, 15) is 4.79 Å². The second kappa shape index (κ2) is 6.48. The number of pyridine rings is 1. The molecule has 23 heavy (non-hydrogen) atoms. The molecule has 2 N–H and O–H groups in total. The number of amides is 1. The Labute approximate surface area is 133 Å². The van der Waals surface area contributed by atoms with Gasteiger partial charge in [0.2, 0.25) is 0 Å². The lowest BCUT2D eigenvalue weighted by molar-refractivity contribution is 0.0951. The SMILES string of the molecule is CCc1cnc(CNC(=O)c2ccc(OC)c3cnccc23)[nH]1. The van der Waals surface area contributed by atoms with Gasteiger partial charge in [-0.05, 0) is 24.6 Å². The number of aryl methyl sites for hydroxylation is 1. The fraction of sp³-hybridized carbons (Fsp3) is 0.235. The standard InChI is InChI=1S/C17H18N4O2/c1-3-11-8-19-16(21-11)10-20-17(22)13-4-5-15(23-2)14-9-18-7-6-12(13)14/h4-9H,3,10H2,1-2H3,(H,19,21)(H,20,22). The molecular weight excluding hydrogens is 292 g/mol. The van der Waals surface area contributed by atoms with Crippen molar-refractivity contribution in [2.75, 3.05) is 7.11 Å². The number of benzene rings is 1. The zero-order valence-electron chi connectivity index (χ0n) is 13.1. The van der Waals surface area contributed by atoms with Crippen molar-refractivity contribution in [3.63, 3.8) is 0 Å². The van der Waals surface area contributed by atoms with Gasteiger partial charge in [0, 0.05) is 40.6 Å². The van der Waals surface area contributed by atoms with Gasteiger partial charge in [0.25, 0.3) is 5.91 Å². The number of nitrogens with one attached hydrogen (secondary N) is 2.